The number of nitrogens with one attached hydrogen (secondary N) is 1. The van der Waals surface area contributed by atoms with Crippen molar-refractivity contribution < 1.29 is 9.59 Å². The second-order valence-electron chi connectivity index (χ2n) is 9.62. The number of rotatable bonds is 4. The molecule has 4 aromatic rings. The molecule has 2 amide bonds. The third kappa shape index (κ3) is 4.76. The zero-order chi connectivity index (χ0) is 28.0. The smallest absolute Gasteiger partial charge is 0.271 e. The Morgan fingerprint density at radius 2 is 1.85 bits per heavy atom. The van der Waals surface area contributed by atoms with Gasteiger partial charge in [0.05, 0.1) is 17.9 Å². The Hall–Kier alpha value is -4.19. The summed E-state index contributed by atoms with van der Waals surface area (Å²) in [5.74, 6) is -0.0730. The molecule has 4 heterocycles. The standard InChI is InChI=1S/C27H27BrN8O3/c1-14-10-18(6-7-20(14)28)25(38)34-13-22-19(12-16(34)3)26(39)35(23-9-8-21(31-32-23)24(37)29-5)27(30-22)36-17(4)11-15(2)33-36/h6-11,16H,12-13H2,1-5H3,(H,29,37). The van der Waals surface area contributed by atoms with Crippen molar-refractivity contribution >= 4 is 27.7 Å². The molecule has 39 heavy (non-hydrogen) atoms. The Balaban J connectivity index is 1.64. The van der Waals surface area contributed by atoms with Crippen molar-refractivity contribution in [3.8, 4) is 11.8 Å². The van der Waals surface area contributed by atoms with Gasteiger partial charge >= 0.3 is 0 Å². The van der Waals surface area contributed by atoms with Crippen molar-refractivity contribution in [1.82, 2.24) is 39.7 Å². The minimum Gasteiger partial charge on any atom is -0.354 e. The molecule has 0 aliphatic carbocycles. The summed E-state index contributed by atoms with van der Waals surface area (Å²) in [6, 6.07) is 10.2. The van der Waals surface area contributed by atoms with Crippen LogP contribution < -0.4 is 10.9 Å². The molecule has 11 nitrogen and oxygen atoms in total. The van der Waals surface area contributed by atoms with Gasteiger partial charge in [-0.3, -0.25) is 14.4 Å². The Morgan fingerprint density at radius 3 is 2.46 bits per heavy atom. The lowest BCUT2D eigenvalue weighted by molar-refractivity contribution is 0.0652. The van der Waals surface area contributed by atoms with Crippen LogP contribution in [0.3, 0.4) is 0 Å². The molecule has 1 atom stereocenters. The number of hydrogen-bond donors (Lipinski definition) is 1. The lowest BCUT2D eigenvalue weighted by Crippen LogP contribution is -2.46. The molecule has 0 saturated heterocycles. The number of nitrogens with zero attached hydrogens (tertiary/aromatic N) is 7. The van der Waals surface area contributed by atoms with Gasteiger partial charge in [0.2, 0.25) is 5.95 Å². The number of benzene rings is 1. The van der Waals surface area contributed by atoms with Gasteiger partial charge in [-0.25, -0.2) is 14.2 Å². The predicted octanol–water partition coefficient (Wildman–Crippen LogP) is 2.84. The zero-order valence-electron chi connectivity index (χ0n) is 22.2. The summed E-state index contributed by atoms with van der Waals surface area (Å²) in [4.78, 5) is 46.1. The van der Waals surface area contributed by atoms with E-state index in [4.69, 9.17) is 4.98 Å². The van der Waals surface area contributed by atoms with Gasteiger partial charge in [-0.2, -0.15) is 5.10 Å². The summed E-state index contributed by atoms with van der Waals surface area (Å²) in [6.45, 7) is 7.75. The van der Waals surface area contributed by atoms with E-state index in [2.05, 4.69) is 36.5 Å². The van der Waals surface area contributed by atoms with Crippen molar-refractivity contribution in [1.29, 1.82) is 0 Å². The first-order valence-corrected chi connectivity index (χ1v) is 13.2. The monoisotopic (exact) mass is 590 g/mol. The normalized spacial score (nSPS) is 14.7. The van der Waals surface area contributed by atoms with Crippen LogP contribution in [-0.2, 0) is 13.0 Å². The molecule has 0 bridgehead atoms. The minimum absolute atomic E-state index is 0.124. The van der Waals surface area contributed by atoms with Crippen molar-refractivity contribution in [3.63, 3.8) is 0 Å². The summed E-state index contributed by atoms with van der Waals surface area (Å²) in [5, 5.41) is 15.2. The van der Waals surface area contributed by atoms with Crippen molar-refractivity contribution in [2.45, 2.75) is 46.7 Å². The van der Waals surface area contributed by atoms with Gasteiger partial charge in [-0.15, -0.1) is 10.2 Å². The van der Waals surface area contributed by atoms with Gasteiger partial charge < -0.3 is 10.2 Å². The average Bonchev–Trinajstić information content (AvgIpc) is 3.26. The highest BCUT2D eigenvalue weighted by Crippen LogP contribution is 2.25. The largest absolute Gasteiger partial charge is 0.354 e. The van der Waals surface area contributed by atoms with Crippen molar-refractivity contribution in [2.75, 3.05) is 7.05 Å². The maximum Gasteiger partial charge on any atom is 0.271 e. The first-order valence-electron chi connectivity index (χ1n) is 12.4. The summed E-state index contributed by atoms with van der Waals surface area (Å²) in [5.41, 5.74) is 3.87. The van der Waals surface area contributed by atoms with E-state index in [1.807, 2.05) is 45.9 Å². The number of fused-ring (bicyclic) bond motifs is 1. The highest BCUT2D eigenvalue weighted by molar-refractivity contribution is 9.10. The second-order valence-corrected chi connectivity index (χ2v) is 10.5. The van der Waals surface area contributed by atoms with Crippen LogP contribution in [-0.4, -0.2) is 59.3 Å². The fourth-order valence-corrected chi connectivity index (χ4v) is 4.98. The molecule has 0 spiro atoms. The molecule has 1 aliphatic rings. The van der Waals surface area contributed by atoms with E-state index in [-0.39, 0.29) is 47.4 Å². The average molecular weight is 591 g/mol. The van der Waals surface area contributed by atoms with Crippen molar-refractivity contribution in [3.05, 3.63) is 90.7 Å². The van der Waals surface area contributed by atoms with E-state index in [1.54, 1.807) is 21.7 Å². The second kappa shape index (κ2) is 10.2. The predicted molar refractivity (Wildman–Crippen MR) is 147 cm³/mol. The molecule has 0 fully saturated rings. The molecule has 3 aromatic heterocycles. The van der Waals surface area contributed by atoms with Crippen LogP contribution >= 0.6 is 15.9 Å². The first-order chi connectivity index (χ1) is 18.6. The van der Waals surface area contributed by atoms with E-state index >= 15 is 0 Å². The Labute approximate surface area is 233 Å². The number of aromatic nitrogens is 6. The van der Waals surface area contributed by atoms with Crippen LogP contribution in [0.4, 0.5) is 0 Å². The highest BCUT2D eigenvalue weighted by Gasteiger charge is 2.33. The van der Waals surface area contributed by atoms with Crippen molar-refractivity contribution in [2.24, 2.45) is 0 Å². The fraction of sp³-hybridized carbons (Fsp3) is 0.296. The quantitative estimate of drug-likeness (QED) is 0.387. The molecule has 0 saturated carbocycles. The maximum atomic E-state index is 14.0. The SMILES string of the molecule is CNC(=O)c1ccc(-n2c(-n3nc(C)cc3C)nc3c(c2=O)CC(C)N(C(=O)c2ccc(Br)c(C)c2)C3)nn1. The third-order valence-electron chi connectivity index (χ3n) is 6.80. The van der Waals surface area contributed by atoms with Crippen LogP contribution in [0.5, 0.6) is 0 Å². The fourth-order valence-electron chi connectivity index (χ4n) is 4.74. The summed E-state index contributed by atoms with van der Waals surface area (Å²) < 4.78 is 3.87. The molecule has 1 aromatic carbocycles. The van der Waals surface area contributed by atoms with E-state index in [9.17, 15) is 14.4 Å². The summed E-state index contributed by atoms with van der Waals surface area (Å²) >= 11 is 3.48. The third-order valence-corrected chi connectivity index (χ3v) is 7.69. The number of amides is 2. The zero-order valence-corrected chi connectivity index (χ0v) is 23.8. The molecule has 200 valence electrons. The molecule has 5 rings (SSSR count). The number of carbonyl (C=O) groups is 2. The maximum absolute atomic E-state index is 14.0. The van der Waals surface area contributed by atoms with Crippen LogP contribution in [0.25, 0.3) is 11.8 Å². The van der Waals surface area contributed by atoms with Gasteiger partial charge in [0.25, 0.3) is 17.4 Å². The molecule has 0 radical (unpaired) electrons. The van der Waals surface area contributed by atoms with Gasteiger partial charge in [0.15, 0.2) is 11.5 Å². The number of hydrogen-bond acceptors (Lipinski definition) is 7. The lowest BCUT2D eigenvalue weighted by Gasteiger charge is -2.34. The van der Waals surface area contributed by atoms with Crippen LogP contribution in [0.1, 0.15) is 56.0 Å². The number of carbonyl (C=O) groups excluding carboxylic acids is 2. The molecule has 1 aliphatic heterocycles. The lowest BCUT2D eigenvalue weighted by atomic mass is 9.98. The van der Waals surface area contributed by atoms with Gasteiger partial charge in [0, 0.05) is 34.4 Å². The van der Waals surface area contributed by atoms with E-state index in [0.29, 0.717) is 23.2 Å². The molecular formula is C27H27BrN8O3. The highest BCUT2D eigenvalue weighted by atomic mass is 79.9. The molecular weight excluding hydrogens is 564 g/mol. The Morgan fingerprint density at radius 1 is 1.08 bits per heavy atom. The van der Waals surface area contributed by atoms with Crippen LogP contribution in [0.15, 0.2) is 45.7 Å². The first kappa shape index (κ1) is 26.4. The minimum atomic E-state index is -0.386. The Bertz CT molecular complexity index is 1680. The Kier molecular flexibility index (Phi) is 6.89. The topological polar surface area (TPSA) is 128 Å². The van der Waals surface area contributed by atoms with Gasteiger partial charge in [0.1, 0.15) is 0 Å². The van der Waals surface area contributed by atoms with E-state index < -0.39 is 0 Å². The van der Waals surface area contributed by atoms with E-state index in [1.165, 1.54) is 17.7 Å². The van der Waals surface area contributed by atoms with Gasteiger partial charge in [-0.05, 0) is 76.1 Å². The number of halogens is 1. The summed E-state index contributed by atoms with van der Waals surface area (Å²) in [6.07, 6.45) is 0.323. The van der Waals surface area contributed by atoms with Crippen LogP contribution in [0, 0.1) is 20.8 Å². The number of aryl methyl sites for hydroxylation is 3. The summed E-state index contributed by atoms with van der Waals surface area (Å²) in [7, 11) is 1.50. The molecule has 1 N–H and O–H groups in total. The molecule has 1 unspecified atom stereocenters. The van der Waals surface area contributed by atoms with Crippen LogP contribution in [0.2, 0.25) is 0 Å². The molecule has 12 heteroatoms. The van der Waals surface area contributed by atoms with E-state index in [0.717, 1.165) is 21.4 Å². The van der Waals surface area contributed by atoms with Gasteiger partial charge in [-0.1, -0.05) is 15.9 Å².